The van der Waals surface area contributed by atoms with E-state index in [1.54, 1.807) is 23.2 Å². The van der Waals surface area contributed by atoms with Crippen molar-refractivity contribution in [1.82, 2.24) is 20.1 Å². The fourth-order valence-electron chi connectivity index (χ4n) is 3.62. The van der Waals surface area contributed by atoms with Crippen LogP contribution in [0.15, 0.2) is 29.0 Å². The number of rotatable bonds is 4. The lowest BCUT2D eigenvalue weighted by molar-refractivity contribution is 0.0714. The van der Waals surface area contributed by atoms with Crippen LogP contribution in [-0.4, -0.2) is 58.2 Å². The highest BCUT2D eigenvalue weighted by atomic mass is 16.3. The van der Waals surface area contributed by atoms with Crippen molar-refractivity contribution in [1.29, 1.82) is 0 Å². The molecule has 1 aliphatic carbocycles. The Bertz CT molecular complexity index is 721. The molecule has 26 heavy (non-hydrogen) atoms. The van der Waals surface area contributed by atoms with E-state index < -0.39 is 0 Å². The highest BCUT2D eigenvalue weighted by Crippen LogP contribution is 2.21. The van der Waals surface area contributed by atoms with Gasteiger partial charge in [-0.05, 0) is 25.0 Å². The summed E-state index contributed by atoms with van der Waals surface area (Å²) < 4.78 is 5.20. The summed E-state index contributed by atoms with van der Waals surface area (Å²) in [4.78, 5) is 20.8. The zero-order chi connectivity index (χ0) is 17.8. The zero-order valence-corrected chi connectivity index (χ0v) is 14.8. The maximum Gasteiger partial charge on any atom is 0.289 e. The van der Waals surface area contributed by atoms with Gasteiger partial charge in [0, 0.05) is 32.2 Å². The number of piperazine rings is 1. The third kappa shape index (κ3) is 3.79. The Morgan fingerprint density at radius 3 is 2.69 bits per heavy atom. The van der Waals surface area contributed by atoms with Crippen molar-refractivity contribution in [2.24, 2.45) is 0 Å². The number of hydrogen-bond acceptors (Lipinski definition) is 7. The van der Waals surface area contributed by atoms with E-state index in [4.69, 9.17) is 4.42 Å². The SMILES string of the molecule is O=C(c1ccco1)N1CCN(c2nncc(NC3CCCCC3)n2)CC1. The van der Waals surface area contributed by atoms with Crippen LogP contribution in [0.1, 0.15) is 42.7 Å². The molecule has 8 heteroatoms. The van der Waals surface area contributed by atoms with Gasteiger partial charge in [0.15, 0.2) is 11.6 Å². The van der Waals surface area contributed by atoms with Crippen LogP contribution >= 0.6 is 0 Å². The number of nitrogens with zero attached hydrogens (tertiary/aromatic N) is 5. The number of furan rings is 1. The lowest BCUT2D eigenvalue weighted by Gasteiger charge is -2.34. The molecule has 2 fully saturated rings. The molecule has 8 nitrogen and oxygen atoms in total. The molecule has 0 radical (unpaired) electrons. The van der Waals surface area contributed by atoms with E-state index in [1.807, 2.05) is 0 Å². The third-order valence-electron chi connectivity index (χ3n) is 5.09. The fourth-order valence-corrected chi connectivity index (χ4v) is 3.62. The van der Waals surface area contributed by atoms with Crippen molar-refractivity contribution < 1.29 is 9.21 Å². The van der Waals surface area contributed by atoms with Gasteiger partial charge in [-0.1, -0.05) is 19.3 Å². The summed E-state index contributed by atoms with van der Waals surface area (Å²) in [5, 5.41) is 11.8. The summed E-state index contributed by atoms with van der Waals surface area (Å²) >= 11 is 0. The summed E-state index contributed by atoms with van der Waals surface area (Å²) in [6.45, 7) is 2.59. The molecule has 4 rings (SSSR count). The second kappa shape index (κ2) is 7.72. The second-order valence-electron chi connectivity index (χ2n) is 6.88. The minimum atomic E-state index is -0.0681. The normalized spacial score (nSPS) is 18.8. The number of aromatic nitrogens is 3. The van der Waals surface area contributed by atoms with Crippen LogP contribution in [0.25, 0.3) is 0 Å². The first-order valence-corrected chi connectivity index (χ1v) is 9.33. The molecule has 0 spiro atoms. The van der Waals surface area contributed by atoms with Crippen molar-refractivity contribution in [3.63, 3.8) is 0 Å². The Labute approximate surface area is 152 Å². The van der Waals surface area contributed by atoms with Crippen LogP contribution in [0.2, 0.25) is 0 Å². The third-order valence-corrected chi connectivity index (χ3v) is 5.09. The first-order chi connectivity index (χ1) is 12.8. The smallest absolute Gasteiger partial charge is 0.289 e. The number of nitrogens with one attached hydrogen (secondary N) is 1. The van der Waals surface area contributed by atoms with Crippen LogP contribution in [0.4, 0.5) is 11.8 Å². The van der Waals surface area contributed by atoms with Crippen molar-refractivity contribution in [2.45, 2.75) is 38.1 Å². The van der Waals surface area contributed by atoms with Gasteiger partial charge in [-0.15, -0.1) is 5.10 Å². The van der Waals surface area contributed by atoms with Gasteiger partial charge in [0.25, 0.3) is 5.91 Å². The van der Waals surface area contributed by atoms with Crippen LogP contribution in [-0.2, 0) is 0 Å². The predicted octanol–water partition coefficient (Wildman–Crippen LogP) is 2.17. The fraction of sp³-hybridized carbons (Fsp3) is 0.556. The number of carbonyl (C=O) groups excluding carboxylic acids is 1. The van der Waals surface area contributed by atoms with Gasteiger partial charge >= 0.3 is 0 Å². The number of anilines is 2. The molecule has 3 heterocycles. The monoisotopic (exact) mass is 356 g/mol. The van der Waals surface area contributed by atoms with Gasteiger partial charge in [-0.2, -0.15) is 10.1 Å². The number of hydrogen-bond donors (Lipinski definition) is 1. The highest BCUT2D eigenvalue weighted by Gasteiger charge is 2.25. The molecule has 0 bridgehead atoms. The molecule has 0 aromatic carbocycles. The molecule has 1 aliphatic heterocycles. The Hall–Kier alpha value is -2.64. The highest BCUT2D eigenvalue weighted by molar-refractivity contribution is 5.91. The van der Waals surface area contributed by atoms with E-state index in [1.165, 1.54) is 38.4 Å². The van der Waals surface area contributed by atoms with Gasteiger partial charge in [-0.25, -0.2) is 0 Å². The Morgan fingerprint density at radius 2 is 1.96 bits per heavy atom. The zero-order valence-electron chi connectivity index (χ0n) is 14.8. The molecule has 1 saturated carbocycles. The van der Waals surface area contributed by atoms with E-state index >= 15 is 0 Å². The van der Waals surface area contributed by atoms with E-state index in [0.29, 0.717) is 43.9 Å². The van der Waals surface area contributed by atoms with E-state index in [0.717, 1.165) is 5.82 Å². The topological polar surface area (TPSA) is 87.4 Å². The average Bonchev–Trinajstić information content (AvgIpc) is 3.23. The second-order valence-corrected chi connectivity index (χ2v) is 6.88. The van der Waals surface area contributed by atoms with Gasteiger partial charge in [0.2, 0.25) is 5.95 Å². The van der Waals surface area contributed by atoms with Crippen molar-refractivity contribution in [3.05, 3.63) is 30.4 Å². The number of carbonyl (C=O) groups is 1. The standard InChI is InChI=1S/C18H24N6O2/c25-17(15-7-4-12-26-15)23-8-10-24(11-9-23)18-21-16(13-19-22-18)20-14-5-2-1-3-6-14/h4,7,12-14H,1-3,5-6,8-11H2,(H,20,21,22). The summed E-state index contributed by atoms with van der Waals surface area (Å²) in [5.74, 6) is 1.73. The first kappa shape index (κ1) is 16.8. The molecule has 2 aromatic heterocycles. The van der Waals surface area contributed by atoms with Gasteiger partial charge < -0.3 is 19.5 Å². The van der Waals surface area contributed by atoms with E-state index in [-0.39, 0.29) is 5.91 Å². The van der Waals surface area contributed by atoms with Crippen LogP contribution in [0.3, 0.4) is 0 Å². The molecule has 1 saturated heterocycles. The van der Waals surface area contributed by atoms with E-state index in [9.17, 15) is 4.79 Å². The molecule has 2 aromatic rings. The minimum Gasteiger partial charge on any atom is -0.459 e. The molecular formula is C18H24N6O2. The maximum atomic E-state index is 12.3. The molecule has 138 valence electrons. The molecule has 0 atom stereocenters. The van der Waals surface area contributed by atoms with Crippen LogP contribution in [0, 0.1) is 0 Å². The first-order valence-electron chi connectivity index (χ1n) is 9.33. The molecular weight excluding hydrogens is 332 g/mol. The Balaban J connectivity index is 1.35. The minimum absolute atomic E-state index is 0.0681. The quantitative estimate of drug-likeness (QED) is 0.898. The van der Waals surface area contributed by atoms with Crippen molar-refractivity contribution in [2.75, 3.05) is 36.4 Å². The van der Waals surface area contributed by atoms with Crippen LogP contribution in [0.5, 0.6) is 0 Å². The van der Waals surface area contributed by atoms with Gasteiger partial charge in [0.1, 0.15) is 0 Å². The molecule has 0 unspecified atom stereocenters. The number of amides is 1. The lowest BCUT2D eigenvalue weighted by atomic mass is 9.96. The molecule has 1 N–H and O–H groups in total. The summed E-state index contributed by atoms with van der Waals surface area (Å²) in [6.07, 6.45) is 9.46. The Kier molecular flexibility index (Phi) is 4.99. The van der Waals surface area contributed by atoms with Crippen LogP contribution < -0.4 is 10.2 Å². The predicted molar refractivity (Wildman–Crippen MR) is 97.1 cm³/mol. The lowest BCUT2D eigenvalue weighted by Crippen LogP contribution is -2.49. The van der Waals surface area contributed by atoms with Crippen molar-refractivity contribution >= 4 is 17.7 Å². The van der Waals surface area contributed by atoms with Crippen molar-refractivity contribution in [3.8, 4) is 0 Å². The summed E-state index contributed by atoms with van der Waals surface area (Å²) in [6, 6.07) is 3.91. The summed E-state index contributed by atoms with van der Waals surface area (Å²) in [5.41, 5.74) is 0. The van der Waals surface area contributed by atoms with Gasteiger partial charge in [0.05, 0.1) is 12.5 Å². The maximum absolute atomic E-state index is 12.3. The molecule has 2 aliphatic rings. The largest absolute Gasteiger partial charge is 0.459 e. The summed E-state index contributed by atoms with van der Waals surface area (Å²) in [7, 11) is 0. The van der Waals surface area contributed by atoms with E-state index in [2.05, 4.69) is 25.4 Å². The van der Waals surface area contributed by atoms with Gasteiger partial charge in [-0.3, -0.25) is 4.79 Å². The average molecular weight is 356 g/mol. The Morgan fingerprint density at radius 1 is 1.15 bits per heavy atom. The molecule has 1 amide bonds.